The van der Waals surface area contributed by atoms with E-state index in [-0.39, 0.29) is 24.0 Å². The summed E-state index contributed by atoms with van der Waals surface area (Å²) in [7, 11) is 0. The van der Waals surface area contributed by atoms with E-state index >= 15 is 0 Å². The first kappa shape index (κ1) is 12.4. The molecule has 0 radical (unpaired) electrons. The summed E-state index contributed by atoms with van der Waals surface area (Å²) < 4.78 is 5.30. The van der Waals surface area contributed by atoms with Crippen LogP contribution in [0.2, 0.25) is 0 Å². The molecule has 1 aromatic rings. The molecule has 1 aromatic carbocycles. The summed E-state index contributed by atoms with van der Waals surface area (Å²) in [4.78, 5) is 10.3. The summed E-state index contributed by atoms with van der Waals surface area (Å²) in [5.74, 6) is 0.0815. The van der Waals surface area contributed by atoms with Crippen molar-refractivity contribution in [2.45, 2.75) is 19.8 Å². The fraction of sp³-hybridized carbons (Fsp3) is 0.455. The average Bonchev–Trinajstić information content (AvgIpc) is 2.28. The summed E-state index contributed by atoms with van der Waals surface area (Å²) in [6.45, 7) is 3.85. The molecule has 0 bridgehead atoms. The predicted octanol–water partition coefficient (Wildman–Crippen LogP) is 2.09. The fourth-order valence-corrected chi connectivity index (χ4v) is 1.47. The van der Waals surface area contributed by atoms with Crippen LogP contribution in [0.4, 0.5) is 5.69 Å². The molecular formula is C11H15NO4. The summed E-state index contributed by atoms with van der Waals surface area (Å²) in [6.07, 6.45) is 0. The van der Waals surface area contributed by atoms with Crippen molar-refractivity contribution < 1.29 is 14.8 Å². The Labute approximate surface area is 93.8 Å². The Morgan fingerprint density at radius 2 is 2.25 bits per heavy atom. The second-order valence-electron chi connectivity index (χ2n) is 3.47. The molecule has 0 amide bonds. The van der Waals surface area contributed by atoms with Crippen molar-refractivity contribution in [3.8, 4) is 5.75 Å². The summed E-state index contributed by atoms with van der Waals surface area (Å²) >= 11 is 0. The van der Waals surface area contributed by atoms with E-state index in [1.165, 1.54) is 6.07 Å². The number of para-hydroxylation sites is 1. The molecule has 0 spiro atoms. The minimum atomic E-state index is -0.474. The lowest BCUT2D eigenvalue weighted by molar-refractivity contribution is -0.385. The first-order valence-electron chi connectivity index (χ1n) is 5.12. The van der Waals surface area contributed by atoms with Crippen LogP contribution in [0.1, 0.15) is 25.3 Å². The van der Waals surface area contributed by atoms with E-state index in [0.29, 0.717) is 12.2 Å². The Morgan fingerprint density at radius 1 is 1.56 bits per heavy atom. The first-order valence-corrected chi connectivity index (χ1v) is 5.12. The van der Waals surface area contributed by atoms with Crippen molar-refractivity contribution in [1.29, 1.82) is 0 Å². The zero-order valence-corrected chi connectivity index (χ0v) is 9.34. The molecule has 1 unspecified atom stereocenters. The van der Waals surface area contributed by atoms with E-state index in [9.17, 15) is 10.1 Å². The van der Waals surface area contributed by atoms with E-state index < -0.39 is 4.92 Å². The van der Waals surface area contributed by atoms with Crippen molar-refractivity contribution >= 4 is 5.69 Å². The maximum atomic E-state index is 10.8. The Kier molecular flexibility index (Phi) is 4.25. The minimum absolute atomic E-state index is 0.0559. The van der Waals surface area contributed by atoms with Gasteiger partial charge in [-0.3, -0.25) is 10.1 Å². The van der Waals surface area contributed by atoms with Gasteiger partial charge in [0.15, 0.2) is 0 Å². The Bertz CT molecular complexity index is 378. The van der Waals surface area contributed by atoms with Crippen LogP contribution < -0.4 is 4.74 Å². The maximum Gasteiger partial charge on any atom is 0.311 e. The average molecular weight is 225 g/mol. The van der Waals surface area contributed by atoms with E-state index in [0.717, 1.165) is 0 Å². The van der Waals surface area contributed by atoms with E-state index in [1.54, 1.807) is 26.0 Å². The van der Waals surface area contributed by atoms with Gasteiger partial charge in [0.25, 0.3) is 0 Å². The smallest absolute Gasteiger partial charge is 0.311 e. The van der Waals surface area contributed by atoms with Gasteiger partial charge < -0.3 is 9.84 Å². The van der Waals surface area contributed by atoms with Gasteiger partial charge in [0.2, 0.25) is 5.75 Å². The molecule has 0 fully saturated rings. The van der Waals surface area contributed by atoms with Crippen molar-refractivity contribution in [3.63, 3.8) is 0 Å². The number of nitro benzene ring substituents is 1. The fourth-order valence-electron chi connectivity index (χ4n) is 1.47. The van der Waals surface area contributed by atoms with Crippen molar-refractivity contribution in [2.24, 2.45) is 0 Å². The second kappa shape index (κ2) is 5.46. The zero-order valence-electron chi connectivity index (χ0n) is 9.34. The summed E-state index contributed by atoms with van der Waals surface area (Å²) in [6, 6.07) is 4.74. The Hall–Kier alpha value is -1.62. The van der Waals surface area contributed by atoms with Crippen LogP contribution in [0.5, 0.6) is 5.75 Å². The largest absolute Gasteiger partial charge is 0.487 e. The van der Waals surface area contributed by atoms with Gasteiger partial charge in [-0.1, -0.05) is 19.1 Å². The maximum absolute atomic E-state index is 10.8. The highest BCUT2D eigenvalue weighted by molar-refractivity contribution is 5.53. The number of nitro groups is 1. The number of hydrogen-bond acceptors (Lipinski definition) is 4. The third kappa shape index (κ3) is 2.49. The molecule has 0 saturated heterocycles. The highest BCUT2D eigenvalue weighted by Crippen LogP contribution is 2.35. The van der Waals surface area contributed by atoms with Gasteiger partial charge in [0.05, 0.1) is 11.5 Å². The monoisotopic (exact) mass is 225 g/mol. The highest BCUT2D eigenvalue weighted by atomic mass is 16.6. The van der Waals surface area contributed by atoms with Gasteiger partial charge in [-0.2, -0.15) is 0 Å². The third-order valence-electron chi connectivity index (χ3n) is 2.31. The van der Waals surface area contributed by atoms with Crippen LogP contribution in [-0.4, -0.2) is 23.2 Å². The molecule has 16 heavy (non-hydrogen) atoms. The van der Waals surface area contributed by atoms with E-state index in [4.69, 9.17) is 9.84 Å². The van der Waals surface area contributed by atoms with Crippen LogP contribution in [-0.2, 0) is 0 Å². The molecule has 0 heterocycles. The molecule has 0 aromatic heterocycles. The van der Waals surface area contributed by atoms with Crippen LogP contribution >= 0.6 is 0 Å². The third-order valence-corrected chi connectivity index (χ3v) is 2.31. The molecule has 5 heteroatoms. The lowest BCUT2D eigenvalue weighted by Crippen LogP contribution is -2.06. The number of rotatable bonds is 5. The van der Waals surface area contributed by atoms with Gasteiger partial charge in [-0.25, -0.2) is 0 Å². The van der Waals surface area contributed by atoms with Gasteiger partial charge in [-0.15, -0.1) is 0 Å². The number of nitrogens with zero attached hydrogens (tertiary/aromatic N) is 1. The molecule has 0 aliphatic rings. The lowest BCUT2D eigenvalue weighted by atomic mass is 10.0. The Balaban J connectivity index is 3.26. The SMILES string of the molecule is CCOc1c(C(C)CO)cccc1[N+](=O)[O-]. The molecule has 0 aliphatic heterocycles. The Morgan fingerprint density at radius 3 is 2.75 bits per heavy atom. The lowest BCUT2D eigenvalue weighted by Gasteiger charge is -2.14. The topological polar surface area (TPSA) is 72.6 Å². The van der Waals surface area contributed by atoms with Crippen molar-refractivity contribution in [1.82, 2.24) is 0 Å². The normalized spacial score (nSPS) is 12.2. The van der Waals surface area contributed by atoms with Crippen LogP contribution in [0, 0.1) is 10.1 Å². The summed E-state index contributed by atoms with van der Waals surface area (Å²) in [5.41, 5.74) is 0.609. The number of aliphatic hydroxyl groups is 1. The second-order valence-corrected chi connectivity index (χ2v) is 3.47. The van der Waals surface area contributed by atoms with E-state index in [1.807, 2.05) is 0 Å². The highest BCUT2D eigenvalue weighted by Gasteiger charge is 2.21. The molecule has 0 aliphatic carbocycles. The van der Waals surface area contributed by atoms with Gasteiger partial charge in [-0.05, 0) is 6.92 Å². The molecule has 1 atom stereocenters. The minimum Gasteiger partial charge on any atom is -0.487 e. The van der Waals surface area contributed by atoms with Gasteiger partial charge in [0, 0.05) is 24.2 Å². The molecule has 0 saturated carbocycles. The van der Waals surface area contributed by atoms with Gasteiger partial charge >= 0.3 is 5.69 Å². The van der Waals surface area contributed by atoms with Crippen LogP contribution in [0.25, 0.3) is 0 Å². The quantitative estimate of drug-likeness (QED) is 0.615. The van der Waals surface area contributed by atoms with Gasteiger partial charge in [0.1, 0.15) is 0 Å². The molecule has 1 N–H and O–H groups in total. The first-order chi connectivity index (χ1) is 7.61. The standard InChI is InChI=1S/C11H15NO4/c1-3-16-11-9(8(2)7-13)5-4-6-10(11)12(14)15/h4-6,8,13H,3,7H2,1-2H3. The van der Waals surface area contributed by atoms with E-state index in [2.05, 4.69) is 0 Å². The van der Waals surface area contributed by atoms with Crippen LogP contribution in [0.3, 0.4) is 0 Å². The van der Waals surface area contributed by atoms with Crippen LogP contribution in [0.15, 0.2) is 18.2 Å². The molecular weight excluding hydrogens is 210 g/mol. The molecule has 1 rings (SSSR count). The number of hydrogen-bond donors (Lipinski definition) is 1. The zero-order chi connectivity index (χ0) is 12.1. The van der Waals surface area contributed by atoms with Crippen molar-refractivity contribution in [2.75, 3.05) is 13.2 Å². The predicted molar refractivity (Wildman–Crippen MR) is 59.8 cm³/mol. The molecule has 5 nitrogen and oxygen atoms in total. The number of ether oxygens (including phenoxy) is 1. The summed E-state index contributed by atoms with van der Waals surface area (Å²) in [5, 5.41) is 19.9. The number of benzene rings is 1. The van der Waals surface area contributed by atoms with Crippen molar-refractivity contribution in [3.05, 3.63) is 33.9 Å². The molecule has 88 valence electrons. The number of aliphatic hydroxyl groups excluding tert-OH is 1.